The Morgan fingerprint density at radius 2 is 1.08 bits per heavy atom. The molecule has 0 spiro atoms. The summed E-state index contributed by atoms with van der Waals surface area (Å²) in [6.45, 7) is 4.64. The van der Waals surface area contributed by atoms with E-state index >= 15 is 0 Å². The van der Waals surface area contributed by atoms with E-state index in [0.29, 0.717) is 11.8 Å². The van der Waals surface area contributed by atoms with Crippen LogP contribution in [0.25, 0.3) is 21.5 Å². The molecule has 0 radical (unpaired) electrons. The van der Waals surface area contributed by atoms with Gasteiger partial charge in [-0.1, -0.05) is 36.4 Å². The van der Waals surface area contributed by atoms with Gasteiger partial charge in [0.2, 0.25) is 0 Å². The molecule has 3 heteroatoms. The van der Waals surface area contributed by atoms with Crippen LogP contribution in [0.1, 0.15) is 43.2 Å². The minimum absolute atomic E-state index is 0. The molecule has 1 aliphatic carbocycles. The second kappa shape index (κ2) is 16.5. The van der Waals surface area contributed by atoms with E-state index in [1.807, 2.05) is 12.2 Å². The summed E-state index contributed by atoms with van der Waals surface area (Å²) in [6.07, 6.45) is 10.0. The van der Waals surface area contributed by atoms with E-state index in [9.17, 15) is 0 Å². The molecule has 5 aromatic carbocycles. The summed E-state index contributed by atoms with van der Waals surface area (Å²) >= 11 is 1.54. The van der Waals surface area contributed by atoms with Crippen LogP contribution in [0.4, 0.5) is 0 Å². The molecule has 0 heterocycles. The third kappa shape index (κ3) is 8.54. The summed E-state index contributed by atoms with van der Waals surface area (Å²) in [7, 11) is 0. The van der Waals surface area contributed by atoms with Gasteiger partial charge in [-0.3, -0.25) is 6.08 Å². The van der Waals surface area contributed by atoms with Crippen molar-refractivity contribution in [1.82, 2.24) is 0 Å². The molecule has 6 rings (SSSR count). The SMILES string of the molecule is CC([C](=[Zr+2])C(C)c1ccccc1)c1ccccc1.[C-]1=CC=CC1.[Cl-].[Cl-].c1ccc2c(c1)[cH-]c1ccccc12. The van der Waals surface area contributed by atoms with Crippen molar-refractivity contribution in [1.29, 1.82) is 0 Å². The molecule has 38 heavy (non-hydrogen) atoms. The molecule has 2 unspecified atom stereocenters. The van der Waals surface area contributed by atoms with E-state index in [2.05, 4.69) is 141 Å². The Morgan fingerprint density at radius 1 is 0.658 bits per heavy atom. The average molecular weight is 615 g/mol. The maximum absolute atomic E-state index is 2.99. The van der Waals surface area contributed by atoms with Crippen LogP contribution in [-0.4, -0.2) is 3.21 Å². The van der Waals surface area contributed by atoms with E-state index in [4.69, 9.17) is 0 Å². The first-order valence-corrected chi connectivity index (χ1v) is 13.8. The molecule has 0 saturated heterocycles. The summed E-state index contributed by atoms with van der Waals surface area (Å²) in [5.41, 5.74) is 2.85. The number of halogens is 2. The van der Waals surface area contributed by atoms with Crippen molar-refractivity contribution in [2.45, 2.75) is 32.1 Å². The molecule has 5 aromatic rings. The zero-order valence-corrected chi connectivity index (χ0v) is 25.8. The van der Waals surface area contributed by atoms with Crippen LogP contribution in [0.2, 0.25) is 0 Å². The molecule has 1 aliphatic rings. The summed E-state index contributed by atoms with van der Waals surface area (Å²) in [5, 5.41) is 5.39. The van der Waals surface area contributed by atoms with Crippen molar-refractivity contribution in [2.75, 3.05) is 0 Å². The molecule has 0 nitrogen and oxygen atoms in total. The van der Waals surface area contributed by atoms with Gasteiger partial charge >= 0.3 is 125 Å². The van der Waals surface area contributed by atoms with Crippen LogP contribution in [0.5, 0.6) is 0 Å². The Hall–Kier alpha value is -2.44. The number of hydrogen-bond acceptors (Lipinski definition) is 0. The van der Waals surface area contributed by atoms with Gasteiger partial charge in [-0.15, -0.1) is 46.2 Å². The molecule has 0 aromatic heterocycles. The van der Waals surface area contributed by atoms with Crippen LogP contribution in [-0.2, 0) is 24.2 Å². The first-order valence-electron chi connectivity index (χ1n) is 12.6. The molecule has 192 valence electrons. The molecule has 0 fully saturated rings. The van der Waals surface area contributed by atoms with E-state index < -0.39 is 0 Å². The topological polar surface area (TPSA) is 0 Å². The van der Waals surface area contributed by atoms with Gasteiger partial charge in [0.15, 0.2) is 0 Å². The predicted octanol–water partition coefficient (Wildman–Crippen LogP) is 3.34. The van der Waals surface area contributed by atoms with Crippen molar-refractivity contribution in [3.05, 3.63) is 151 Å². The Labute approximate surface area is 255 Å². The van der Waals surface area contributed by atoms with E-state index in [0.717, 1.165) is 6.42 Å². The fraction of sp³-hybridized carbons (Fsp3) is 0.143. The second-order valence-corrected chi connectivity index (χ2v) is 10.5. The monoisotopic (exact) mass is 612 g/mol. The minimum atomic E-state index is 0. The fourth-order valence-electron chi connectivity index (χ4n) is 4.46. The number of allylic oxidation sites excluding steroid dienone is 4. The quantitative estimate of drug-likeness (QED) is 0.273. The normalized spacial score (nSPS) is 12.7. The van der Waals surface area contributed by atoms with Gasteiger partial charge in [0.05, 0.1) is 0 Å². The molecule has 0 bridgehead atoms. The van der Waals surface area contributed by atoms with E-state index in [1.54, 1.807) is 27.4 Å². The molecule has 0 saturated carbocycles. The van der Waals surface area contributed by atoms with Gasteiger partial charge in [-0.25, -0.2) is 12.2 Å². The Morgan fingerprint density at radius 3 is 1.45 bits per heavy atom. The summed E-state index contributed by atoms with van der Waals surface area (Å²) in [6, 6.07) is 40.9. The standard InChI is InChI=1S/C17H18.C13H9.C5H5.2ClH.Zr/c1-14(16-9-5-3-6-10-16)13-15(2)17-11-7-4-8-12-17;1-3-7-12-10(5-1)9-11-6-2-4-8-13(11)12;1-2-4-5-3-1;;;/h3-12,14-15H,1-2H3;1-9H;1-3H,4H2;2*1H;/q;2*-1;;;+2/p-2. The number of hydrogen-bond donors (Lipinski definition) is 0. The Balaban J connectivity index is 0.000000221. The average Bonchev–Trinajstić information content (AvgIpc) is 3.65. The fourth-order valence-corrected chi connectivity index (χ4v) is 5.28. The smallest absolute Gasteiger partial charge is 0.0771 e. The maximum atomic E-state index is 2.99. The molecule has 2 atom stereocenters. The first-order chi connectivity index (χ1) is 17.6. The predicted molar refractivity (Wildman–Crippen MR) is 153 cm³/mol. The van der Waals surface area contributed by atoms with E-state index in [1.165, 1.54) is 32.7 Å². The van der Waals surface area contributed by atoms with Crippen LogP contribution in [0, 0.1) is 6.08 Å². The second-order valence-electron chi connectivity index (χ2n) is 9.04. The van der Waals surface area contributed by atoms with Crippen molar-refractivity contribution < 1.29 is 49.0 Å². The van der Waals surface area contributed by atoms with Crippen LogP contribution >= 0.6 is 0 Å². The van der Waals surface area contributed by atoms with Crippen LogP contribution < -0.4 is 24.8 Å². The van der Waals surface area contributed by atoms with Gasteiger partial charge in [0.25, 0.3) is 0 Å². The zero-order chi connectivity index (χ0) is 25.2. The third-order valence-electron chi connectivity index (χ3n) is 6.64. The van der Waals surface area contributed by atoms with E-state index in [-0.39, 0.29) is 24.8 Å². The van der Waals surface area contributed by atoms with Gasteiger partial charge in [-0.05, 0) is 0 Å². The summed E-state index contributed by atoms with van der Waals surface area (Å²) in [5.74, 6) is 1.08. The molecule has 0 amide bonds. The van der Waals surface area contributed by atoms with Gasteiger partial charge in [0, 0.05) is 0 Å². The largest absolute Gasteiger partial charge is 1.00 e. The van der Waals surface area contributed by atoms with Gasteiger partial charge in [-0.2, -0.15) is 6.08 Å². The van der Waals surface area contributed by atoms with Crippen molar-refractivity contribution >= 4 is 24.8 Å². The summed E-state index contributed by atoms with van der Waals surface area (Å²) < 4.78 is 1.61. The minimum Gasteiger partial charge on any atom is -1.00 e. The molecule has 0 aliphatic heterocycles. The molecular formula is C35H32Cl2Zr-2. The molecule has 0 N–H and O–H groups in total. The van der Waals surface area contributed by atoms with Crippen LogP contribution in [0.15, 0.2) is 133 Å². The van der Waals surface area contributed by atoms with Gasteiger partial charge < -0.3 is 24.8 Å². The summed E-state index contributed by atoms with van der Waals surface area (Å²) in [4.78, 5) is 0. The number of fused-ring (bicyclic) bond motifs is 3. The zero-order valence-electron chi connectivity index (χ0n) is 21.8. The third-order valence-corrected chi connectivity index (χ3v) is 8.77. The molecular weight excluding hydrogens is 583 g/mol. The van der Waals surface area contributed by atoms with Gasteiger partial charge in [0.1, 0.15) is 0 Å². The van der Waals surface area contributed by atoms with Crippen molar-refractivity contribution in [3.63, 3.8) is 0 Å². The number of benzene rings is 4. The van der Waals surface area contributed by atoms with Crippen LogP contribution in [0.3, 0.4) is 0 Å². The van der Waals surface area contributed by atoms with Crippen molar-refractivity contribution in [2.24, 2.45) is 0 Å². The van der Waals surface area contributed by atoms with Crippen molar-refractivity contribution in [3.8, 4) is 0 Å². The number of rotatable bonds is 4. The Kier molecular flexibility index (Phi) is 13.8. The first kappa shape index (κ1) is 31.8. The maximum Gasteiger partial charge on any atom is -0.0771 e. The Bertz CT molecular complexity index is 1340.